The summed E-state index contributed by atoms with van der Waals surface area (Å²) in [5.74, 6) is -0.938. The number of rotatable bonds is 3. The molecule has 3 aromatic rings. The van der Waals surface area contributed by atoms with Gasteiger partial charge in [0.05, 0.1) is 33.9 Å². The molecule has 1 aliphatic rings. The monoisotopic (exact) mass is 420 g/mol. The maximum absolute atomic E-state index is 13.0. The number of pyridine rings is 1. The van der Waals surface area contributed by atoms with Gasteiger partial charge in [-0.15, -0.1) is 0 Å². The molecule has 0 aliphatic carbocycles. The first kappa shape index (κ1) is 19.3. The van der Waals surface area contributed by atoms with E-state index in [2.05, 4.69) is 10.3 Å². The number of nitrogens with zero attached hydrogens (tertiary/aromatic N) is 3. The van der Waals surface area contributed by atoms with Crippen molar-refractivity contribution in [1.82, 2.24) is 9.38 Å². The van der Waals surface area contributed by atoms with Crippen LogP contribution in [0.5, 0.6) is 0 Å². The predicted molar refractivity (Wildman–Crippen MR) is 103 cm³/mol. The molecule has 1 atom stereocenters. The lowest BCUT2D eigenvalue weighted by Gasteiger charge is -2.31. The number of nitrogens with one attached hydrogen (secondary N) is 1. The number of anilines is 2. The Hall–Kier alpha value is -3.01. The molecule has 1 aliphatic heterocycles. The summed E-state index contributed by atoms with van der Waals surface area (Å²) in [6.45, 7) is 1.41. The van der Waals surface area contributed by atoms with Crippen LogP contribution in [0, 0.1) is 0 Å². The molecule has 1 aromatic carbocycles. The van der Waals surface area contributed by atoms with Crippen LogP contribution < -0.4 is 10.2 Å². The number of benzene rings is 1. The van der Waals surface area contributed by atoms with E-state index in [1.165, 1.54) is 22.7 Å². The number of carbonyl (C=O) groups excluding carboxylic acids is 2. The second kappa shape index (κ2) is 7.11. The van der Waals surface area contributed by atoms with Gasteiger partial charge in [0, 0.05) is 6.20 Å². The van der Waals surface area contributed by atoms with E-state index in [4.69, 9.17) is 0 Å². The number of hydrogen-bond acceptors (Lipinski definition) is 4. The van der Waals surface area contributed by atoms with Crippen LogP contribution >= 0.6 is 11.8 Å². The Morgan fingerprint density at radius 3 is 2.83 bits per heavy atom. The molecule has 2 aromatic heterocycles. The van der Waals surface area contributed by atoms with Gasteiger partial charge in [0.2, 0.25) is 11.8 Å². The average molecular weight is 420 g/mol. The fourth-order valence-electron chi connectivity index (χ4n) is 3.10. The molecule has 1 unspecified atom stereocenters. The average Bonchev–Trinajstić information content (AvgIpc) is 3.08. The van der Waals surface area contributed by atoms with Crippen molar-refractivity contribution in [1.29, 1.82) is 0 Å². The molecule has 0 bridgehead atoms. The standard InChI is InChI=1S/C19H15F3N4O2S/c1-11(29-18-23-9-13-4-2-3-7-25(13)18)17(28)26-10-16(27)24-14-8-12(19(20,21)22)5-6-15(14)26/h2-9,11H,10H2,1H3,(H,24,27). The lowest BCUT2D eigenvalue weighted by atomic mass is 10.1. The molecule has 2 amide bonds. The Morgan fingerprint density at radius 1 is 1.28 bits per heavy atom. The van der Waals surface area contributed by atoms with E-state index >= 15 is 0 Å². The van der Waals surface area contributed by atoms with E-state index in [-0.39, 0.29) is 17.9 Å². The molecule has 29 heavy (non-hydrogen) atoms. The molecule has 0 saturated heterocycles. The van der Waals surface area contributed by atoms with Crippen LogP contribution in [0.15, 0.2) is 53.9 Å². The number of aromatic nitrogens is 2. The van der Waals surface area contributed by atoms with Crippen LogP contribution in [0.1, 0.15) is 12.5 Å². The Kier molecular flexibility index (Phi) is 4.73. The van der Waals surface area contributed by atoms with Gasteiger partial charge in [-0.25, -0.2) is 4.98 Å². The first-order valence-electron chi connectivity index (χ1n) is 8.65. The van der Waals surface area contributed by atoms with Crippen LogP contribution in [0.2, 0.25) is 0 Å². The summed E-state index contributed by atoms with van der Waals surface area (Å²) >= 11 is 1.21. The molecule has 150 valence electrons. The number of halogens is 3. The van der Waals surface area contributed by atoms with Crippen molar-refractivity contribution >= 4 is 40.5 Å². The third-order valence-electron chi connectivity index (χ3n) is 4.49. The number of fused-ring (bicyclic) bond motifs is 2. The highest BCUT2D eigenvalue weighted by molar-refractivity contribution is 8.00. The zero-order valence-electron chi connectivity index (χ0n) is 15.1. The fourth-order valence-corrected chi connectivity index (χ4v) is 4.04. The quantitative estimate of drug-likeness (QED) is 0.655. The Labute approximate surface area is 167 Å². The van der Waals surface area contributed by atoms with E-state index in [0.29, 0.717) is 5.16 Å². The SMILES string of the molecule is CC(Sc1ncc2ccccn12)C(=O)N1CC(=O)Nc2cc(C(F)(F)F)ccc21. The zero-order valence-corrected chi connectivity index (χ0v) is 15.9. The van der Waals surface area contributed by atoms with Crippen LogP contribution in [0.3, 0.4) is 0 Å². The van der Waals surface area contributed by atoms with Crippen LogP contribution in [-0.2, 0) is 15.8 Å². The third kappa shape index (κ3) is 3.67. The maximum Gasteiger partial charge on any atom is 0.416 e. The van der Waals surface area contributed by atoms with E-state index in [1.807, 2.05) is 28.8 Å². The number of carbonyl (C=O) groups is 2. The largest absolute Gasteiger partial charge is 0.416 e. The summed E-state index contributed by atoms with van der Waals surface area (Å²) in [6, 6.07) is 8.54. The molecule has 10 heteroatoms. The Bertz CT molecular complexity index is 1110. The van der Waals surface area contributed by atoms with Crippen molar-refractivity contribution in [3.05, 3.63) is 54.4 Å². The minimum absolute atomic E-state index is 0.0344. The summed E-state index contributed by atoms with van der Waals surface area (Å²) in [7, 11) is 0. The summed E-state index contributed by atoms with van der Waals surface area (Å²) < 4.78 is 40.8. The molecular formula is C19H15F3N4O2S. The predicted octanol–water partition coefficient (Wildman–Crippen LogP) is 3.82. The molecule has 3 heterocycles. The lowest BCUT2D eigenvalue weighted by Crippen LogP contribution is -2.45. The number of thioether (sulfide) groups is 1. The summed E-state index contributed by atoms with van der Waals surface area (Å²) in [6.07, 6.45) is -1.04. The molecule has 4 rings (SSSR count). The number of amides is 2. The zero-order chi connectivity index (χ0) is 20.8. The highest BCUT2D eigenvalue weighted by Crippen LogP contribution is 2.38. The Balaban J connectivity index is 1.61. The van der Waals surface area contributed by atoms with Gasteiger partial charge in [-0.2, -0.15) is 13.2 Å². The fraction of sp³-hybridized carbons (Fsp3) is 0.211. The molecule has 1 N–H and O–H groups in total. The van der Waals surface area contributed by atoms with E-state index in [0.717, 1.165) is 17.6 Å². The number of imidazole rings is 1. The highest BCUT2D eigenvalue weighted by atomic mass is 32.2. The van der Waals surface area contributed by atoms with Crippen LogP contribution in [0.25, 0.3) is 5.52 Å². The molecular weight excluding hydrogens is 405 g/mol. The minimum Gasteiger partial charge on any atom is -0.323 e. The molecule has 0 radical (unpaired) electrons. The van der Waals surface area contributed by atoms with Crippen molar-refractivity contribution in [3.8, 4) is 0 Å². The molecule has 0 spiro atoms. The second-order valence-electron chi connectivity index (χ2n) is 6.50. The van der Waals surface area contributed by atoms with Gasteiger partial charge in [-0.05, 0) is 37.3 Å². The van der Waals surface area contributed by atoms with Crippen molar-refractivity contribution in [2.24, 2.45) is 0 Å². The summed E-state index contributed by atoms with van der Waals surface area (Å²) in [4.78, 5) is 30.5. The van der Waals surface area contributed by atoms with Gasteiger partial charge in [0.15, 0.2) is 5.16 Å². The van der Waals surface area contributed by atoms with Crippen molar-refractivity contribution in [3.63, 3.8) is 0 Å². The third-order valence-corrected chi connectivity index (χ3v) is 5.56. The second-order valence-corrected chi connectivity index (χ2v) is 7.81. The van der Waals surface area contributed by atoms with Gasteiger partial charge in [0.25, 0.3) is 0 Å². The lowest BCUT2D eigenvalue weighted by molar-refractivity contribution is -0.137. The van der Waals surface area contributed by atoms with Crippen LogP contribution in [0.4, 0.5) is 24.5 Å². The molecule has 0 saturated carbocycles. The maximum atomic E-state index is 13.0. The minimum atomic E-state index is -4.54. The highest BCUT2D eigenvalue weighted by Gasteiger charge is 2.35. The van der Waals surface area contributed by atoms with Crippen LogP contribution in [-0.4, -0.2) is 33.0 Å². The smallest absolute Gasteiger partial charge is 0.323 e. The van der Waals surface area contributed by atoms with Gasteiger partial charge in [-0.1, -0.05) is 17.8 Å². The first-order chi connectivity index (χ1) is 13.7. The molecule has 6 nitrogen and oxygen atoms in total. The van der Waals surface area contributed by atoms with Crippen molar-refractivity contribution in [2.45, 2.75) is 23.5 Å². The van der Waals surface area contributed by atoms with Gasteiger partial charge >= 0.3 is 6.18 Å². The van der Waals surface area contributed by atoms with E-state index in [9.17, 15) is 22.8 Å². The van der Waals surface area contributed by atoms with Gasteiger partial charge < -0.3 is 5.32 Å². The van der Waals surface area contributed by atoms with Gasteiger partial charge in [-0.3, -0.25) is 18.9 Å². The number of hydrogen-bond donors (Lipinski definition) is 1. The van der Waals surface area contributed by atoms with E-state index in [1.54, 1.807) is 13.1 Å². The van der Waals surface area contributed by atoms with E-state index < -0.39 is 28.8 Å². The van der Waals surface area contributed by atoms with Crippen molar-refractivity contribution in [2.75, 3.05) is 16.8 Å². The first-order valence-corrected chi connectivity index (χ1v) is 9.53. The topological polar surface area (TPSA) is 66.7 Å². The molecule has 0 fully saturated rings. The van der Waals surface area contributed by atoms with Gasteiger partial charge in [0.1, 0.15) is 6.54 Å². The summed E-state index contributed by atoms with van der Waals surface area (Å²) in [5.41, 5.74) is 0.185. The number of alkyl halides is 3. The van der Waals surface area contributed by atoms with Crippen molar-refractivity contribution < 1.29 is 22.8 Å². The summed E-state index contributed by atoms with van der Waals surface area (Å²) in [5, 5.41) is 2.41. The normalized spacial score (nSPS) is 15.2. The Morgan fingerprint density at radius 2 is 2.07 bits per heavy atom.